The van der Waals surface area contributed by atoms with Crippen molar-refractivity contribution in [2.45, 2.75) is 32.9 Å². The first-order chi connectivity index (χ1) is 12.3. The summed E-state index contributed by atoms with van der Waals surface area (Å²) >= 11 is 12.0. The fourth-order valence-corrected chi connectivity index (χ4v) is 3.08. The van der Waals surface area contributed by atoms with E-state index >= 15 is 0 Å². The molecular formula is C19H22Cl2N2O3. The second kappa shape index (κ2) is 9.10. The summed E-state index contributed by atoms with van der Waals surface area (Å²) in [7, 11) is 1.68. The van der Waals surface area contributed by atoms with Gasteiger partial charge in [-0.05, 0) is 42.7 Å². The van der Waals surface area contributed by atoms with Gasteiger partial charge < -0.3 is 14.6 Å². The maximum Gasteiger partial charge on any atom is 0.253 e. The molecule has 0 aliphatic rings. The Bertz CT molecular complexity index is 760. The minimum atomic E-state index is -0.658. The molecule has 140 valence electrons. The summed E-state index contributed by atoms with van der Waals surface area (Å²) in [6, 6.07) is 7.54. The molecule has 0 radical (unpaired) electrons. The number of hydrogen-bond acceptors (Lipinski definition) is 3. The highest BCUT2D eigenvalue weighted by Gasteiger charge is 2.26. The molecule has 2 rings (SSSR count). The Hall–Kier alpha value is -1.98. The van der Waals surface area contributed by atoms with Crippen LogP contribution in [0.3, 0.4) is 0 Å². The van der Waals surface area contributed by atoms with Crippen molar-refractivity contribution < 1.29 is 14.0 Å². The number of amides is 2. The molecule has 2 aromatic rings. The Balaban J connectivity index is 2.12. The molecule has 0 spiro atoms. The highest BCUT2D eigenvalue weighted by atomic mass is 35.5. The van der Waals surface area contributed by atoms with E-state index in [2.05, 4.69) is 5.32 Å². The van der Waals surface area contributed by atoms with Gasteiger partial charge in [0.2, 0.25) is 5.91 Å². The molecule has 0 bridgehead atoms. The fraction of sp³-hybridized carbons (Fsp3) is 0.368. The molecule has 0 saturated heterocycles. The van der Waals surface area contributed by atoms with Crippen molar-refractivity contribution in [2.24, 2.45) is 5.92 Å². The molecule has 1 heterocycles. The normalized spacial score (nSPS) is 12.1. The van der Waals surface area contributed by atoms with E-state index in [1.165, 1.54) is 11.0 Å². The lowest BCUT2D eigenvalue weighted by Gasteiger charge is -2.25. The third-order valence-corrected chi connectivity index (χ3v) is 4.38. The van der Waals surface area contributed by atoms with Crippen molar-refractivity contribution in [2.75, 3.05) is 7.05 Å². The average Bonchev–Trinajstić information content (AvgIpc) is 3.05. The van der Waals surface area contributed by atoms with Gasteiger partial charge in [-0.2, -0.15) is 0 Å². The number of furan rings is 1. The van der Waals surface area contributed by atoms with E-state index in [1.54, 1.807) is 37.6 Å². The van der Waals surface area contributed by atoms with E-state index in [4.69, 9.17) is 27.6 Å². The van der Waals surface area contributed by atoms with Crippen molar-refractivity contribution in [3.8, 4) is 0 Å². The SMILES string of the molecule is CC(C)C[C@H](NC(=O)c1ccc(Cl)cc1Cl)C(=O)N(C)Cc1ccco1. The van der Waals surface area contributed by atoms with Crippen molar-refractivity contribution >= 4 is 35.0 Å². The maximum atomic E-state index is 12.8. The van der Waals surface area contributed by atoms with Crippen molar-refractivity contribution in [1.29, 1.82) is 0 Å². The number of nitrogens with one attached hydrogen (secondary N) is 1. The second-order valence-electron chi connectivity index (χ2n) is 6.55. The number of halogens is 2. The summed E-state index contributed by atoms with van der Waals surface area (Å²) < 4.78 is 5.28. The molecule has 1 N–H and O–H groups in total. The third-order valence-electron chi connectivity index (χ3n) is 3.84. The zero-order valence-corrected chi connectivity index (χ0v) is 16.5. The zero-order chi connectivity index (χ0) is 19.3. The fourth-order valence-electron chi connectivity index (χ4n) is 2.58. The van der Waals surface area contributed by atoms with Crippen LogP contribution in [0.1, 0.15) is 36.4 Å². The number of likely N-dealkylation sites (N-methyl/N-ethyl adjacent to an activating group) is 1. The third kappa shape index (κ3) is 5.51. The summed E-state index contributed by atoms with van der Waals surface area (Å²) in [4.78, 5) is 26.9. The van der Waals surface area contributed by atoms with Gasteiger partial charge in [-0.3, -0.25) is 9.59 Å². The predicted octanol–water partition coefficient (Wildman–Crippen LogP) is 4.39. The molecule has 0 saturated carbocycles. The van der Waals surface area contributed by atoms with Crippen LogP contribution >= 0.6 is 23.2 Å². The van der Waals surface area contributed by atoms with Gasteiger partial charge in [-0.15, -0.1) is 0 Å². The molecule has 5 nitrogen and oxygen atoms in total. The molecular weight excluding hydrogens is 375 g/mol. The summed E-state index contributed by atoms with van der Waals surface area (Å²) in [5.41, 5.74) is 0.284. The number of nitrogens with zero attached hydrogens (tertiary/aromatic N) is 1. The summed E-state index contributed by atoms with van der Waals surface area (Å²) in [5, 5.41) is 3.49. The first-order valence-electron chi connectivity index (χ1n) is 8.31. The Morgan fingerprint density at radius 3 is 2.54 bits per heavy atom. The molecule has 0 aliphatic heterocycles. The lowest BCUT2D eigenvalue weighted by Crippen LogP contribution is -2.47. The Morgan fingerprint density at radius 1 is 1.23 bits per heavy atom. The van der Waals surface area contributed by atoms with Crippen LogP contribution in [0.4, 0.5) is 0 Å². The van der Waals surface area contributed by atoms with Crippen LogP contribution in [0.2, 0.25) is 10.0 Å². The number of rotatable bonds is 7. The summed E-state index contributed by atoms with van der Waals surface area (Å²) in [5.74, 6) is 0.309. The van der Waals surface area contributed by atoms with Gasteiger partial charge >= 0.3 is 0 Å². The van der Waals surface area contributed by atoms with Crippen LogP contribution in [-0.4, -0.2) is 29.8 Å². The van der Waals surface area contributed by atoms with Crippen molar-refractivity contribution in [1.82, 2.24) is 10.2 Å². The van der Waals surface area contributed by atoms with Crippen LogP contribution in [-0.2, 0) is 11.3 Å². The van der Waals surface area contributed by atoms with Gasteiger partial charge in [-0.1, -0.05) is 37.0 Å². The van der Waals surface area contributed by atoms with Crippen molar-refractivity contribution in [3.05, 3.63) is 58.0 Å². The van der Waals surface area contributed by atoms with Crippen LogP contribution in [0.15, 0.2) is 41.0 Å². The highest BCUT2D eigenvalue weighted by Crippen LogP contribution is 2.21. The number of carbonyl (C=O) groups excluding carboxylic acids is 2. The Morgan fingerprint density at radius 2 is 1.96 bits per heavy atom. The van der Waals surface area contributed by atoms with Crippen LogP contribution in [0.5, 0.6) is 0 Å². The largest absolute Gasteiger partial charge is 0.467 e. The molecule has 2 amide bonds. The van der Waals surface area contributed by atoms with Gasteiger partial charge in [0.1, 0.15) is 11.8 Å². The number of carbonyl (C=O) groups is 2. The standard InChI is InChI=1S/C19H22Cl2N2O3/c1-12(2)9-17(19(25)23(3)11-14-5-4-8-26-14)22-18(24)15-7-6-13(20)10-16(15)21/h4-8,10,12,17H,9,11H2,1-3H3,(H,22,24)/t17-/m0/s1. The molecule has 0 aliphatic carbocycles. The van der Waals surface area contributed by atoms with E-state index in [0.29, 0.717) is 23.7 Å². The van der Waals surface area contributed by atoms with Gasteiger partial charge in [0.05, 0.1) is 23.4 Å². The predicted molar refractivity (Wildman–Crippen MR) is 102 cm³/mol. The highest BCUT2D eigenvalue weighted by molar-refractivity contribution is 6.36. The van der Waals surface area contributed by atoms with E-state index < -0.39 is 11.9 Å². The monoisotopic (exact) mass is 396 g/mol. The summed E-state index contributed by atoms with van der Waals surface area (Å²) in [6.07, 6.45) is 2.07. The quantitative estimate of drug-likeness (QED) is 0.754. The van der Waals surface area contributed by atoms with E-state index in [-0.39, 0.29) is 22.4 Å². The molecule has 1 atom stereocenters. The topological polar surface area (TPSA) is 62.6 Å². The first kappa shape index (κ1) is 20.3. The minimum absolute atomic E-state index is 0.187. The number of benzene rings is 1. The van der Waals surface area contributed by atoms with Crippen LogP contribution in [0, 0.1) is 5.92 Å². The van der Waals surface area contributed by atoms with Gasteiger partial charge in [0, 0.05) is 12.1 Å². The summed E-state index contributed by atoms with van der Waals surface area (Å²) in [6.45, 7) is 4.32. The Kier molecular flexibility index (Phi) is 7.12. The van der Waals surface area contributed by atoms with E-state index in [0.717, 1.165) is 0 Å². The van der Waals surface area contributed by atoms with Crippen LogP contribution < -0.4 is 5.32 Å². The lowest BCUT2D eigenvalue weighted by molar-refractivity contribution is -0.133. The molecule has 26 heavy (non-hydrogen) atoms. The molecule has 1 aromatic carbocycles. The molecule has 0 fully saturated rings. The molecule has 7 heteroatoms. The zero-order valence-electron chi connectivity index (χ0n) is 15.0. The van der Waals surface area contributed by atoms with Gasteiger partial charge in [-0.25, -0.2) is 0 Å². The maximum absolute atomic E-state index is 12.8. The molecule has 0 unspecified atom stereocenters. The smallest absolute Gasteiger partial charge is 0.253 e. The van der Waals surface area contributed by atoms with Gasteiger partial charge in [0.15, 0.2) is 0 Å². The Labute approximate surface area is 163 Å². The van der Waals surface area contributed by atoms with Gasteiger partial charge in [0.25, 0.3) is 5.91 Å². The van der Waals surface area contributed by atoms with E-state index in [9.17, 15) is 9.59 Å². The second-order valence-corrected chi connectivity index (χ2v) is 7.40. The molecule has 1 aromatic heterocycles. The van der Waals surface area contributed by atoms with Crippen molar-refractivity contribution in [3.63, 3.8) is 0 Å². The number of hydrogen-bond donors (Lipinski definition) is 1. The van der Waals surface area contributed by atoms with E-state index in [1.807, 2.05) is 13.8 Å². The van der Waals surface area contributed by atoms with Crippen LogP contribution in [0.25, 0.3) is 0 Å². The minimum Gasteiger partial charge on any atom is -0.467 e. The average molecular weight is 397 g/mol. The lowest BCUT2D eigenvalue weighted by atomic mass is 10.0. The first-order valence-corrected chi connectivity index (χ1v) is 9.06.